The van der Waals surface area contributed by atoms with Gasteiger partial charge in [0.25, 0.3) is 0 Å². The van der Waals surface area contributed by atoms with Crippen molar-refractivity contribution in [2.75, 3.05) is 13.1 Å². The van der Waals surface area contributed by atoms with Gasteiger partial charge in [-0.2, -0.15) is 0 Å². The van der Waals surface area contributed by atoms with Crippen LogP contribution in [0.4, 0.5) is 4.39 Å². The number of rotatable bonds is 4. The molecule has 1 aliphatic rings. The third kappa shape index (κ3) is 4.17. The Morgan fingerprint density at radius 3 is 2.39 bits per heavy atom. The third-order valence-electron chi connectivity index (χ3n) is 4.17. The molecule has 0 radical (unpaired) electrons. The summed E-state index contributed by atoms with van der Waals surface area (Å²) in [5.74, 6) is -0.428. The minimum Gasteiger partial charge on any atom is -0.459 e. The van der Waals surface area contributed by atoms with Crippen LogP contribution in [0.1, 0.15) is 28.8 Å². The maximum Gasteiger partial charge on any atom is 0.338 e. The topological polar surface area (TPSA) is 29.5 Å². The highest BCUT2D eigenvalue weighted by atomic mass is 19.1. The van der Waals surface area contributed by atoms with Gasteiger partial charge in [-0.05, 0) is 31.0 Å². The van der Waals surface area contributed by atoms with E-state index in [0.717, 1.165) is 25.9 Å². The van der Waals surface area contributed by atoms with E-state index in [-0.39, 0.29) is 17.9 Å². The molecule has 1 fully saturated rings. The van der Waals surface area contributed by atoms with Gasteiger partial charge in [0, 0.05) is 25.2 Å². The zero-order valence-electron chi connectivity index (χ0n) is 13.0. The van der Waals surface area contributed by atoms with Gasteiger partial charge in [-0.25, -0.2) is 9.18 Å². The number of hydrogen-bond acceptors (Lipinski definition) is 3. The van der Waals surface area contributed by atoms with E-state index in [2.05, 4.69) is 4.90 Å². The molecule has 1 heterocycles. The zero-order chi connectivity index (χ0) is 16.1. The summed E-state index contributed by atoms with van der Waals surface area (Å²) in [6.45, 7) is 2.22. The first-order valence-corrected chi connectivity index (χ1v) is 7.94. The van der Waals surface area contributed by atoms with Crippen LogP contribution in [-0.4, -0.2) is 30.1 Å². The van der Waals surface area contributed by atoms with E-state index < -0.39 is 0 Å². The van der Waals surface area contributed by atoms with Crippen molar-refractivity contribution in [3.8, 4) is 0 Å². The summed E-state index contributed by atoms with van der Waals surface area (Å²) in [5.41, 5.74) is 1.30. The van der Waals surface area contributed by atoms with E-state index in [9.17, 15) is 9.18 Å². The van der Waals surface area contributed by atoms with Gasteiger partial charge in [0.2, 0.25) is 0 Å². The van der Waals surface area contributed by atoms with Crippen LogP contribution < -0.4 is 0 Å². The molecule has 0 aromatic heterocycles. The maximum absolute atomic E-state index is 13.7. The minimum atomic E-state index is -0.266. The standard InChI is InChI=1S/C19H20FNO2/c20-18-9-5-4-8-16(18)14-21-12-10-17(11-13-21)23-19(22)15-6-2-1-3-7-15/h1-9,17H,10-14H2. The van der Waals surface area contributed by atoms with Crippen LogP contribution in [0, 0.1) is 5.82 Å². The molecule has 3 nitrogen and oxygen atoms in total. The molecule has 0 saturated carbocycles. The van der Waals surface area contributed by atoms with Gasteiger partial charge in [0.1, 0.15) is 11.9 Å². The van der Waals surface area contributed by atoms with Crippen molar-refractivity contribution in [3.05, 3.63) is 71.5 Å². The lowest BCUT2D eigenvalue weighted by atomic mass is 10.1. The Bertz CT molecular complexity index is 651. The molecule has 0 unspecified atom stereocenters. The summed E-state index contributed by atoms with van der Waals surface area (Å²) in [7, 11) is 0. The SMILES string of the molecule is O=C(OC1CCN(Cc2ccccc2F)CC1)c1ccccc1. The number of piperidine rings is 1. The van der Waals surface area contributed by atoms with Crippen molar-refractivity contribution in [3.63, 3.8) is 0 Å². The lowest BCUT2D eigenvalue weighted by molar-refractivity contribution is 0.0103. The van der Waals surface area contributed by atoms with E-state index in [4.69, 9.17) is 4.74 Å². The van der Waals surface area contributed by atoms with Crippen LogP contribution in [0.25, 0.3) is 0 Å². The number of esters is 1. The highest BCUT2D eigenvalue weighted by molar-refractivity contribution is 5.89. The van der Waals surface area contributed by atoms with Gasteiger partial charge < -0.3 is 4.74 Å². The molecule has 2 aromatic carbocycles. The number of carbonyl (C=O) groups excluding carboxylic acids is 1. The van der Waals surface area contributed by atoms with Crippen molar-refractivity contribution in [2.45, 2.75) is 25.5 Å². The average molecular weight is 313 g/mol. The third-order valence-corrected chi connectivity index (χ3v) is 4.17. The second-order valence-corrected chi connectivity index (χ2v) is 5.84. The first kappa shape index (κ1) is 15.7. The quantitative estimate of drug-likeness (QED) is 0.807. The first-order chi connectivity index (χ1) is 11.2. The van der Waals surface area contributed by atoms with E-state index >= 15 is 0 Å². The molecule has 2 aromatic rings. The van der Waals surface area contributed by atoms with Crippen molar-refractivity contribution in [2.24, 2.45) is 0 Å². The number of hydrogen-bond donors (Lipinski definition) is 0. The zero-order valence-corrected chi connectivity index (χ0v) is 13.0. The molecule has 0 aliphatic carbocycles. The van der Waals surface area contributed by atoms with Crippen LogP contribution in [0.15, 0.2) is 54.6 Å². The van der Waals surface area contributed by atoms with Crippen LogP contribution in [0.5, 0.6) is 0 Å². The largest absolute Gasteiger partial charge is 0.459 e. The number of carbonyl (C=O) groups is 1. The van der Waals surface area contributed by atoms with Crippen molar-refractivity contribution in [1.29, 1.82) is 0 Å². The molecule has 3 rings (SSSR count). The van der Waals surface area contributed by atoms with E-state index in [1.54, 1.807) is 18.2 Å². The predicted octanol–water partition coefficient (Wildman–Crippen LogP) is 3.65. The number of nitrogens with zero attached hydrogens (tertiary/aromatic N) is 1. The molecule has 120 valence electrons. The van der Waals surface area contributed by atoms with Gasteiger partial charge in [0.05, 0.1) is 5.56 Å². The van der Waals surface area contributed by atoms with E-state index in [1.165, 1.54) is 6.07 Å². The fourth-order valence-corrected chi connectivity index (χ4v) is 2.85. The Kier molecular flexibility index (Phi) is 5.03. The lowest BCUT2D eigenvalue weighted by Crippen LogP contribution is -2.37. The number of benzene rings is 2. The van der Waals surface area contributed by atoms with E-state index in [1.807, 2.05) is 30.3 Å². The van der Waals surface area contributed by atoms with Gasteiger partial charge in [-0.15, -0.1) is 0 Å². The van der Waals surface area contributed by atoms with Crippen LogP contribution >= 0.6 is 0 Å². The van der Waals surface area contributed by atoms with Gasteiger partial charge >= 0.3 is 5.97 Å². The molecular weight excluding hydrogens is 293 g/mol. The average Bonchev–Trinajstić information content (AvgIpc) is 2.59. The van der Waals surface area contributed by atoms with Crippen LogP contribution in [0.3, 0.4) is 0 Å². The Hall–Kier alpha value is -2.20. The lowest BCUT2D eigenvalue weighted by Gasteiger charge is -2.31. The molecule has 0 N–H and O–H groups in total. The summed E-state index contributed by atoms with van der Waals surface area (Å²) in [6.07, 6.45) is 1.51. The Morgan fingerprint density at radius 1 is 1.04 bits per heavy atom. The van der Waals surface area contributed by atoms with Crippen LogP contribution in [-0.2, 0) is 11.3 Å². The minimum absolute atomic E-state index is 0.0559. The summed E-state index contributed by atoms with van der Waals surface area (Å²) in [4.78, 5) is 14.2. The Labute approximate surface area is 135 Å². The molecular formula is C19H20FNO2. The fraction of sp³-hybridized carbons (Fsp3) is 0.316. The van der Waals surface area contributed by atoms with Gasteiger partial charge in [-0.1, -0.05) is 36.4 Å². The number of ether oxygens (including phenoxy) is 1. The highest BCUT2D eigenvalue weighted by Gasteiger charge is 2.23. The molecule has 1 aliphatic heterocycles. The normalized spacial score (nSPS) is 16.2. The smallest absolute Gasteiger partial charge is 0.338 e. The predicted molar refractivity (Wildman–Crippen MR) is 86.6 cm³/mol. The molecule has 0 atom stereocenters. The second-order valence-electron chi connectivity index (χ2n) is 5.84. The van der Waals surface area contributed by atoms with Crippen molar-refractivity contribution in [1.82, 2.24) is 4.90 Å². The molecule has 1 saturated heterocycles. The molecule has 0 amide bonds. The summed E-state index contributed by atoms with van der Waals surface area (Å²) in [6, 6.07) is 15.9. The molecule has 23 heavy (non-hydrogen) atoms. The number of likely N-dealkylation sites (tertiary alicyclic amines) is 1. The second kappa shape index (κ2) is 7.38. The first-order valence-electron chi connectivity index (χ1n) is 7.94. The fourth-order valence-electron chi connectivity index (χ4n) is 2.85. The van der Waals surface area contributed by atoms with Crippen molar-refractivity contribution >= 4 is 5.97 Å². The monoisotopic (exact) mass is 313 g/mol. The Morgan fingerprint density at radius 2 is 1.70 bits per heavy atom. The summed E-state index contributed by atoms with van der Waals surface area (Å²) < 4.78 is 19.2. The van der Waals surface area contributed by atoms with Gasteiger partial charge in [0.15, 0.2) is 0 Å². The van der Waals surface area contributed by atoms with E-state index in [0.29, 0.717) is 17.7 Å². The highest BCUT2D eigenvalue weighted by Crippen LogP contribution is 2.18. The van der Waals surface area contributed by atoms with Crippen LogP contribution in [0.2, 0.25) is 0 Å². The van der Waals surface area contributed by atoms with Gasteiger partial charge in [-0.3, -0.25) is 4.90 Å². The maximum atomic E-state index is 13.7. The molecule has 0 bridgehead atoms. The summed E-state index contributed by atoms with van der Waals surface area (Å²) in [5, 5.41) is 0. The van der Waals surface area contributed by atoms with Crippen molar-refractivity contribution < 1.29 is 13.9 Å². The molecule has 4 heteroatoms. The summed E-state index contributed by atoms with van der Waals surface area (Å²) >= 11 is 0. The Balaban J connectivity index is 1.49. The number of halogens is 1. The molecule has 0 spiro atoms.